The number of aliphatic hydroxyl groups excluding tert-OH is 1. The summed E-state index contributed by atoms with van der Waals surface area (Å²) in [7, 11) is 0. The highest BCUT2D eigenvalue weighted by Gasteiger charge is 2.31. The maximum absolute atomic E-state index is 12.6. The molecule has 0 heterocycles. The summed E-state index contributed by atoms with van der Waals surface area (Å²) >= 11 is 1.53. The SMILES string of the molecule is CSCCC(N)C(=O)NC(C(=O)NC(CO)C(=O)NC(CCC(N)=O)C(=O)O)C(C)C. The molecule has 0 aromatic carbocycles. The van der Waals surface area contributed by atoms with E-state index in [2.05, 4.69) is 16.0 Å². The fourth-order valence-corrected chi connectivity index (χ4v) is 2.93. The molecule has 31 heavy (non-hydrogen) atoms. The van der Waals surface area contributed by atoms with E-state index in [0.29, 0.717) is 12.2 Å². The Bertz CT molecular complexity index is 647. The third-order valence-electron chi connectivity index (χ3n) is 4.33. The van der Waals surface area contributed by atoms with Gasteiger partial charge in [0.1, 0.15) is 18.1 Å². The zero-order chi connectivity index (χ0) is 24.1. The van der Waals surface area contributed by atoms with Crippen LogP contribution in [-0.4, -0.2) is 82.6 Å². The maximum Gasteiger partial charge on any atom is 0.326 e. The second-order valence-electron chi connectivity index (χ2n) is 7.27. The first-order valence-corrected chi connectivity index (χ1v) is 11.1. The summed E-state index contributed by atoms with van der Waals surface area (Å²) < 4.78 is 0. The van der Waals surface area contributed by atoms with Gasteiger partial charge in [0, 0.05) is 6.42 Å². The van der Waals surface area contributed by atoms with Crippen molar-refractivity contribution >= 4 is 41.4 Å². The molecule has 0 fully saturated rings. The van der Waals surface area contributed by atoms with Gasteiger partial charge in [-0.05, 0) is 30.8 Å². The summed E-state index contributed by atoms with van der Waals surface area (Å²) in [5.41, 5.74) is 10.8. The molecule has 0 saturated carbocycles. The molecule has 0 saturated heterocycles. The van der Waals surface area contributed by atoms with E-state index in [-0.39, 0.29) is 18.8 Å². The predicted octanol–water partition coefficient (Wildman–Crippen LogP) is -2.48. The van der Waals surface area contributed by atoms with Gasteiger partial charge in [-0.15, -0.1) is 0 Å². The first-order valence-electron chi connectivity index (χ1n) is 9.72. The molecule has 9 N–H and O–H groups in total. The lowest BCUT2D eigenvalue weighted by molar-refractivity contribution is -0.143. The third kappa shape index (κ3) is 11.0. The second-order valence-corrected chi connectivity index (χ2v) is 8.25. The van der Waals surface area contributed by atoms with Gasteiger partial charge in [-0.25, -0.2) is 4.79 Å². The number of aliphatic carboxylic acids is 1. The zero-order valence-electron chi connectivity index (χ0n) is 17.9. The summed E-state index contributed by atoms with van der Waals surface area (Å²) in [6, 6.07) is -4.73. The quantitative estimate of drug-likeness (QED) is 0.137. The molecular weight excluding hydrogens is 430 g/mol. The van der Waals surface area contributed by atoms with Gasteiger partial charge in [0.15, 0.2) is 0 Å². The first kappa shape index (κ1) is 28.6. The van der Waals surface area contributed by atoms with Crippen molar-refractivity contribution in [3.63, 3.8) is 0 Å². The van der Waals surface area contributed by atoms with E-state index in [4.69, 9.17) is 16.6 Å². The number of carbonyl (C=O) groups excluding carboxylic acids is 4. The monoisotopic (exact) mass is 463 g/mol. The molecule has 0 aromatic rings. The molecule has 0 spiro atoms. The number of carboxylic acids is 1. The van der Waals surface area contributed by atoms with E-state index in [9.17, 15) is 29.1 Å². The third-order valence-corrected chi connectivity index (χ3v) is 4.97. The van der Waals surface area contributed by atoms with Crippen LogP contribution in [0.1, 0.15) is 33.1 Å². The van der Waals surface area contributed by atoms with Gasteiger partial charge < -0.3 is 37.6 Å². The highest BCUT2D eigenvalue weighted by atomic mass is 32.2. The van der Waals surface area contributed by atoms with Crippen LogP contribution >= 0.6 is 11.8 Å². The molecule has 0 aliphatic heterocycles. The number of nitrogens with two attached hydrogens (primary N) is 2. The summed E-state index contributed by atoms with van der Waals surface area (Å²) in [5.74, 6) is -4.05. The van der Waals surface area contributed by atoms with Gasteiger partial charge in [-0.2, -0.15) is 11.8 Å². The van der Waals surface area contributed by atoms with Gasteiger partial charge in [0.05, 0.1) is 12.6 Å². The largest absolute Gasteiger partial charge is 0.480 e. The Morgan fingerprint density at radius 3 is 1.97 bits per heavy atom. The summed E-state index contributed by atoms with van der Waals surface area (Å²) in [6.45, 7) is 2.54. The van der Waals surface area contributed by atoms with Crippen LogP contribution in [0, 0.1) is 5.92 Å². The van der Waals surface area contributed by atoms with Crippen LogP contribution in [0.5, 0.6) is 0 Å². The molecule has 178 valence electrons. The van der Waals surface area contributed by atoms with Crippen molar-refractivity contribution in [2.45, 2.75) is 57.3 Å². The van der Waals surface area contributed by atoms with Gasteiger partial charge in [-0.1, -0.05) is 13.8 Å². The van der Waals surface area contributed by atoms with Crippen LogP contribution in [0.2, 0.25) is 0 Å². The van der Waals surface area contributed by atoms with Crippen LogP contribution < -0.4 is 27.4 Å². The van der Waals surface area contributed by atoms with Gasteiger partial charge in [-0.3, -0.25) is 19.2 Å². The Balaban J connectivity index is 5.11. The van der Waals surface area contributed by atoms with E-state index in [1.807, 2.05) is 6.26 Å². The van der Waals surface area contributed by atoms with Crippen molar-refractivity contribution in [3.8, 4) is 0 Å². The van der Waals surface area contributed by atoms with E-state index < -0.39 is 60.4 Å². The average Bonchev–Trinajstić information content (AvgIpc) is 2.69. The van der Waals surface area contributed by atoms with Crippen molar-refractivity contribution in [2.75, 3.05) is 18.6 Å². The minimum Gasteiger partial charge on any atom is -0.480 e. The lowest BCUT2D eigenvalue weighted by Gasteiger charge is -2.26. The van der Waals surface area contributed by atoms with Crippen molar-refractivity contribution in [3.05, 3.63) is 0 Å². The van der Waals surface area contributed by atoms with E-state index >= 15 is 0 Å². The van der Waals surface area contributed by atoms with Gasteiger partial charge in [0.2, 0.25) is 23.6 Å². The Morgan fingerprint density at radius 1 is 0.935 bits per heavy atom. The second kappa shape index (κ2) is 14.6. The number of thioether (sulfide) groups is 1. The number of carbonyl (C=O) groups is 5. The van der Waals surface area contributed by atoms with Crippen molar-refractivity contribution in [1.82, 2.24) is 16.0 Å². The molecule has 0 aliphatic rings. The fraction of sp³-hybridized carbons (Fsp3) is 0.722. The maximum atomic E-state index is 12.6. The number of hydrogen-bond donors (Lipinski definition) is 7. The molecule has 4 unspecified atom stereocenters. The summed E-state index contributed by atoms with van der Waals surface area (Å²) in [6.07, 6.45) is 1.77. The number of aliphatic hydroxyl groups is 1. The smallest absolute Gasteiger partial charge is 0.326 e. The molecular formula is C18H33N5O7S. The van der Waals surface area contributed by atoms with Crippen LogP contribution in [-0.2, 0) is 24.0 Å². The van der Waals surface area contributed by atoms with Crippen molar-refractivity contribution in [1.29, 1.82) is 0 Å². The summed E-state index contributed by atoms with van der Waals surface area (Å²) in [5, 5.41) is 25.7. The van der Waals surface area contributed by atoms with E-state index in [1.54, 1.807) is 13.8 Å². The molecule has 0 aliphatic carbocycles. The molecule has 0 bridgehead atoms. The van der Waals surface area contributed by atoms with E-state index in [0.717, 1.165) is 0 Å². The number of rotatable bonds is 15. The highest BCUT2D eigenvalue weighted by Crippen LogP contribution is 2.06. The minimum atomic E-state index is -1.47. The molecule has 0 aromatic heterocycles. The zero-order valence-corrected chi connectivity index (χ0v) is 18.7. The number of carboxylic acid groups (broad SMARTS) is 1. The number of primary amides is 1. The highest BCUT2D eigenvalue weighted by molar-refractivity contribution is 7.98. The van der Waals surface area contributed by atoms with Crippen LogP contribution in [0.4, 0.5) is 0 Å². The van der Waals surface area contributed by atoms with Crippen LogP contribution in [0.3, 0.4) is 0 Å². The average molecular weight is 464 g/mol. The molecule has 13 heteroatoms. The van der Waals surface area contributed by atoms with Crippen molar-refractivity contribution < 1.29 is 34.2 Å². The fourth-order valence-electron chi connectivity index (χ4n) is 2.44. The molecule has 4 amide bonds. The predicted molar refractivity (Wildman–Crippen MR) is 115 cm³/mol. The number of hydrogen-bond acceptors (Lipinski definition) is 8. The Morgan fingerprint density at radius 2 is 1.52 bits per heavy atom. The van der Waals surface area contributed by atoms with Crippen LogP contribution in [0.25, 0.3) is 0 Å². The number of amides is 4. The van der Waals surface area contributed by atoms with Crippen molar-refractivity contribution in [2.24, 2.45) is 17.4 Å². The lowest BCUT2D eigenvalue weighted by atomic mass is 10.0. The molecule has 12 nitrogen and oxygen atoms in total. The van der Waals surface area contributed by atoms with Crippen LogP contribution in [0.15, 0.2) is 0 Å². The van der Waals surface area contributed by atoms with E-state index in [1.165, 1.54) is 11.8 Å². The standard InChI is InChI=1S/C18H33N5O7S/c1-9(2)14(23-15(26)10(19)6-7-31-3)17(28)22-12(8-24)16(27)21-11(18(29)30)4-5-13(20)25/h9-12,14,24H,4-8,19H2,1-3H3,(H2,20,25)(H,21,27)(H,22,28)(H,23,26)(H,29,30). The lowest BCUT2D eigenvalue weighted by Crippen LogP contribution is -2.59. The summed E-state index contributed by atoms with van der Waals surface area (Å²) in [4.78, 5) is 59.3. The van der Waals surface area contributed by atoms with Gasteiger partial charge >= 0.3 is 5.97 Å². The molecule has 4 atom stereocenters. The first-order chi connectivity index (χ1) is 14.4. The molecule has 0 radical (unpaired) electrons. The molecule has 0 rings (SSSR count). The normalized spacial score (nSPS) is 14.8. The Hall–Kier alpha value is -2.38. The minimum absolute atomic E-state index is 0.249. The topological polar surface area (TPSA) is 214 Å². The number of nitrogens with one attached hydrogen (secondary N) is 3. The van der Waals surface area contributed by atoms with Gasteiger partial charge in [0.25, 0.3) is 0 Å². The Kier molecular flexibility index (Phi) is 13.5. The Labute approximate surface area is 185 Å².